The van der Waals surface area contributed by atoms with E-state index in [4.69, 9.17) is 0 Å². The number of anilines is 1. The van der Waals surface area contributed by atoms with Crippen molar-refractivity contribution in [3.8, 4) is 0 Å². The molecule has 1 atom stereocenters. The van der Waals surface area contributed by atoms with E-state index in [1.807, 2.05) is 6.92 Å². The predicted molar refractivity (Wildman–Crippen MR) is 65.6 cm³/mol. The van der Waals surface area contributed by atoms with Crippen molar-refractivity contribution in [3.63, 3.8) is 0 Å². The van der Waals surface area contributed by atoms with Crippen LogP contribution in [0.25, 0.3) is 0 Å². The Bertz CT molecular complexity index is 508. The zero-order valence-corrected chi connectivity index (χ0v) is 10.3. The van der Waals surface area contributed by atoms with E-state index < -0.39 is 11.7 Å². The molecule has 0 saturated heterocycles. The van der Waals surface area contributed by atoms with Gasteiger partial charge in [-0.3, -0.25) is 4.98 Å². The first kappa shape index (κ1) is 12.9. The van der Waals surface area contributed by atoms with Gasteiger partial charge in [0.2, 0.25) is 0 Å². The zero-order chi connectivity index (χ0) is 13.2. The number of aromatic nitrogens is 1. The highest BCUT2D eigenvalue weighted by atomic mass is 32.1. The fraction of sp³-hybridized carbons (Fsp3) is 0.250. The van der Waals surface area contributed by atoms with Gasteiger partial charge in [0.25, 0.3) is 0 Å². The maximum Gasteiger partial charge on any atom is 0.416 e. The Morgan fingerprint density at radius 2 is 2.11 bits per heavy atom. The largest absolute Gasteiger partial charge is 0.416 e. The second-order valence-corrected chi connectivity index (χ2v) is 4.77. The van der Waals surface area contributed by atoms with Crippen molar-refractivity contribution in [1.82, 2.24) is 4.98 Å². The van der Waals surface area contributed by atoms with Crippen LogP contribution in [0.5, 0.6) is 0 Å². The molecule has 2 nitrogen and oxygen atoms in total. The van der Waals surface area contributed by atoms with Crippen LogP contribution >= 0.6 is 11.3 Å². The lowest BCUT2D eigenvalue weighted by atomic mass is 10.2. The first-order valence-corrected chi connectivity index (χ1v) is 6.17. The van der Waals surface area contributed by atoms with E-state index in [1.54, 1.807) is 17.8 Å². The molecule has 1 N–H and O–H groups in total. The van der Waals surface area contributed by atoms with E-state index in [-0.39, 0.29) is 6.04 Å². The third-order valence-electron chi connectivity index (χ3n) is 2.45. The van der Waals surface area contributed by atoms with Gasteiger partial charge in [-0.2, -0.15) is 13.2 Å². The van der Waals surface area contributed by atoms with Crippen molar-refractivity contribution in [1.29, 1.82) is 0 Å². The summed E-state index contributed by atoms with van der Waals surface area (Å²) in [5.74, 6) is 0. The molecule has 2 rings (SSSR count). The highest BCUT2D eigenvalue weighted by molar-refractivity contribution is 7.09. The summed E-state index contributed by atoms with van der Waals surface area (Å²) < 4.78 is 37.6. The first-order chi connectivity index (χ1) is 8.47. The molecule has 0 amide bonds. The number of halogens is 3. The molecule has 2 aromatic rings. The van der Waals surface area contributed by atoms with Gasteiger partial charge in [0, 0.05) is 16.8 Å². The number of hydrogen-bond donors (Lipinski definition) is 1. The van der Waals surface area contributed by atoms with Gasteiger partial charge in [-0.05, 0) is 25.1 Å². The summed E-state index contributed by atoms with van der Waals surface area (Å²) >= 11 is 1.46. The molecule has 0 spiro atoms. The minimum Gasteiger partial charge on any atom is -0.378 e. The molecule has 96 valence electrons. The third-order valence-corrected chi connectivity index (χ3v) is 3.41. The summed E-state index contributed by atoms with van der Waals surface area (Å²) in [6.45, 7) is 1.88. The standard InChI is InChI=1S/C12H11F3N2S/c1-8(11-6-16-7-18-11)17-10-4-2-3-9(5-10)12(13,14)15/h2-8,17H,1H3. The van der Waals surface area contributed by atoms with Gasteiger partial charge in [0.15, 0.2) is 0 Å². The molecule has 18 heavy (non-hydrogen) atoms. The Morgan fingerprint density at radius 3 is 2.72 bits per heavy atom. The molecular weight excluding hydrogens is 261 g/mol. The number of rotatable bonds is 3. The van der Waals surface area contributed by atoms with Gasteiger partial charge in [0.05, 0.1) is 17.1 Å². The van der Waals surface area contributed by atoms with Crippen LogP contribution in [-0.4, -0.2) is 4.98 Å². The lowest BCUT2D eigenvalue weighted by molar-refractivity contribution is -0.137. The van der Waals surface area contributed by atoms with E-state index in [0.717, 1.165) is 17.0 Å². The van der Waals surface area contributed by atoms with Crippen LogP contribution in [0.2, 0.25) is 0 Å². The summed E-state index contributed by atoms with van der Waals surface area (Å²) in [7, 11) is 0. The average molecular weight is 272 g/mol. The monoisotopic (exact) mass is 272 g/mol. The van der Waals surface area contributed by atoms with Crippen LogP contribution in [0, 0.1) is 0 Å². The molecule has 0 saturated carbocycles. The van der Waals surface area contributed by atoms with Crippen LogP contribution in [0.3, 0.4) is 0 Å². The SMILES string of the molecule is CC(Nc1cccc(C(F)(F)F)c1)c1cncs1. The number of nitrogens with one attached hydrogen (secondary N) is 1. The topological polar surface area (TPSA) is 24.9 Å². The Kier molecular flexibility index (Phi) is 3.56. The van der Waals surface area contributed by atoms with E-state index in [0.29, 0.717) is 5.69 Å². The predicted octanol–water partition coefficient (Wildman–Crippen LogP) is 4.34. The highest BCUT2D eigenvalue weighted by Gasteiger charge is 2.30. The van der Waals surface area contributed by atoms with Crippen molar-refractivity contribution in [2.75, 3.05) is 5.32 Å². The zero-order valence-electron chi connectivity index (χ0n) is 9.53. The van der Waals surface area contributed by atoms with Crippen LogP contribution < -0.4 is 5.32 Å². The molecule has 0 aliphatic heterocycles. The lowest BCUT2D eigenvalue weighted by Crippen LogP contribution is -2.08. The number of hydrogen-bond acceptors (Lipinski definition) is 3. The molecule has 1 aromatic carbocycles. The van der Waals surface area contributed by atoms with Crippen molar-refractivity contribution >= 4 is 17.0 Å². The molecular formula is C12H11F3N2S. The third kappa shape index (κ3) is 3.01. The number of thiazole rings is 1. The molecule has 0 fully saturated rings. The minimum absolute atomic E-state index is 0.0685. The van der Waals surface area contributed by atoms with Crippen LogP contribution in [0.1, 0.15) is 23.4 Å². The first-order valence-electron chi connectivity index (χ1n) is 5.29. The lowest BCUT2D eigenvalue weighted by Gasteiger charge is -2.15. The van der Waals surface area contributed by atoms with Gasteiger partial charge in [-0.1, -0.05) is 6.07 Å². The Hall–Kier alpha value is -1.56. The van der Waals surface area contributed by atoms with Crippen LogP contribution in [-0.2, 0) is 6.18 Å². The van der Waals surface area contributed by atoms with Crippen LogP contribution in [0.15, 0.2) is 36.0 Å². The molecule has 0 aliphatic carbocycles. The quantitative estimate of drug-likeness (QED) is 0.899. The van der Waals surface area contributed by atoms with E-state index in [9.17, 15) is 13.2 Å². The minimum atomic E-state index is -4.31. The van der Waals surface area contributed by atoms with Crippen LogP contribution in [0.4, 0.5) is 18.9 Å². The van der Waals surface area contributed by atoms with E-state index in [1.165, 1.54) is 17.4 Å². The van der Waals surface area contributed by atoms with Gasteiger partial charge < -0.3 is 5.32 Å². The van der Waals surface area contributed by atoms with Crippen molar-refractivity contribution in [2.24, 2.45) is 0 Å². The van der Waals surface area contributed by atoms with Gasteiger partial charge in [-0.15, -0.1) is 11.3 Å². The fourth-order valence-corrected chi connectivity index (χ4v) is 2.17. The fourth-order valence-electron chi connectivity index (χ4n) is 1.55. The Balaban J connectivity index is 2.15. The molecule has 1 heterocycles. The maximum atomic E-state index is 12.5. The second kappa shape index (κ2) is 4.97. The van der Waals surface area contributed by atoms with Crippen molar-refractivity contribution in [3.05, 3.63) is 46.4 Å². The highest BCUT2D eigenvalue weighted by Crippen LogP contribution is 2.31. The molecule has 1 aromatic heterocycles. The second-order valence-electron chi connectivity index (χ2n) is 3.85. The normalized spacial score (nSPS) is 13.3. The molecule has 1 unspecified atom stereocenters. The van der Waals surface area contributed by atoms with Crippen molar-refractivity contribution in [2.45, 2.75) is 19.1 Å². The number of alkyl halides is 3. The molecule has 0 aliphatic rings. The van der Waals surface area contributed by atoms with Gasteiger partial charge in [0.1, 0.15) is 0 Å². The van der Waals surface area contributed by atoms with E-state index in [2.05, 4.69) is 10.3 Å². The summed E-state index contributed by atoms with van der Waals surface area (Å²) in [5.41, 5.74) is 1.49. The molecule has 0 radical (unpaired) electrons. The number of nitrogens with zero attached hydrogens (tertiary/aromatic N) is 1. The van der Waals surface area contributed by atoms with Gasteiger partial charge >= 0.3 is 6.18 Å². The summed E-state index contributed by atoms with van der Waals surface area (Å²) in [4.78, 5) is 4.92. The van der Waals surface area contributed by atoms with Crippen molar-refractivity contribution < 1.29 is 13.2 Å². The summed E-state index contributed by atoms with van der Waals surface area (Å²) in [5, 5.41) is 3.03. The Labute approximate surface area is 106 Å². The maximum absolute atomic E-state index is 12.5. The smallest absolute Gasteiger partial charge is 0.378 e. The summed E-state index contributed by atoms with van der Waals surface area (Å²) in [6.07, 6.45) is -2.61. The molecule has 6 heteroatoms. The summed E-state index contributed by atoms with van der Waals surface area (Å²) in [6, 6.07) is 5.11. The van der Waals surface area contributed by atoms with Gasteiger partial charge in [-0.25, -0.2) is 0 Å². The van der Waals surface area contributed by atoms with E-state index >= 15 is 0 Å². The Morgan fingerprint density at radius 1 is 1.33 bits per heavy atom. The molecule has 0 bridgehead atoms. The number of benzene rings is 1. The average Bonchev–Trinajstić information content (AvgIpc) is 2.81.